The van der Waals surface area contributed by atoms with Crippen molar-refractivity contribution in [1.29, 1.82) is 0 Å². The van der Waals surface area contributed by atoms with Gasteiger partial charge in [0, 0.05) is 20.0 Å². The summed E-state index contributed by atoms with van der Waals surface area (Å²) in [6.07, 6.45) is 7.84. The maximum absolute atomic E-state index is 12.9. The number of rotatable bonds is 16. The molecule has 38 heavy (non-hydrogen) atoms. The predicted octanol–water partition coefficient (Wildman–Crippen LogP) is 5.39. The number of nitrogens with one attached hydrogen (secondary N) is 1. The van der Waals surface area contributed by atoms with E-state index in [9.17, 15) is 18.0 Å². The third-order valence-corrected chi connectivity index (χ3v) is 8.07. The van der Waals surface area contributed by atoms with Crippen LogP contribution in [0.4, 0.5) is 5.69 Å². The van der Waals surface area contributed by atoms with Gasteiger partial charge in [-0.3, -0.25) is 4.79 Å². The molecule has 0 radical (unpaired) electrons. The summed E-state index contributed by atoms with van der Waals surface area (Å²) in [5.74, 6) is -0.358. The highest BCUT2D eigenvalue weighted by molar-refractivity contribution is 7.91. The fourth-order valence-corrected chi connectivity index (χ4v) is 5.29. The van der Waals surface area contributed by atoms with Crippen LogP contribution in [0.15, 0.2) is 41.3 Å². The van der Waals surface area contributed by atoms with E-state index in [2.05, 4.69) is 12.2 Å². The quantitative estimate of drug-likeness (QED) is 0.223. The Morgan fingerprint density at radius 2 is 1.63 bits per heavy atom. The standard InChI is InChI=1S/C29H42N2O6S/c1-6-7-8-9-10-11-18-31(3)27(32)17-12-23-19-22(2)28(26(20-23)29(33)37-5)30-21-38(34,35)25-15-13-24(36-4)14-16-25/h13-16,19-20,30H,6-12,17-18,21H2,1-5H3. The Labute approximate surface area is 227 Å². The van der Waals surface area contributed by atoms with Crippen LogP contribution in [0, 0.1) is 6.92 Å². The normalized spacial score (nSPS) is 11.2. The van der Waals surface area contributed by atoms with E-state index < -0.39 is 21.7 Å². The largest absolute Gasteiger partial charge is 0.497 e. The maximum atomic E-state index is 12.9. The number of anilines is 1. The van der Waals surface area contributed by atoms with Crippen LogP contribution in [0.25, 0.3) is 0 Å². The lowest BCUT2D eigenvalue weighted by Crippen LogP contribution is -2.28. The first-order valence-electron chi connectivity index (χ1n) is 13.2. The molecule has 0 spiro atoms. The monoisotopic (exact) mass is 546 g/mol. The number of methoxy groups -OCH3 is 2. The second kappa shape index (κ2) is 15.4. The van der Waals surface area contributed by atoms with Gasteiger partial charge in [0.2, 0.25) is 5.91 Å². The molecule has 0 fully saturated rings. The molecule has 0 bridgehead atoms. The van der Waals surface area contributed by atoms with E-state index in [0.717, 1.165) is 24.9 Å². The zero-order valence-electron chi connectivity index (χ0n) is 23.3. The van der Waals surface area contributed by atoms with Gasteiger partial charge in [0.05, 0.1) is 30.4 Å². The van der Waals surface area contributed by atoms with E-state index in [-0.39, 0.29) is 16.4 Å². The van der Waals surface area contributed by atoms with Crippen LogP contribution in [0.1, 0.15) is 73.4 Å². The lowest BCUT2D eigenvalue weighted by Gasteiger charge is -2.18. The molecule has 9 heteroatoms. The number of hydrogen-bond acceptors (Lipinski definition) is 7. The molecule has 0 unspecified atom stereocenters. The van der Waals surface area contributed by atoms with Gasteiger partial charge in [-0.05, 0) is 61.2 Å². The highest BCUT2D eigenvalue weighted by Gasteiger charge is 2.20. The van der Waals surface area contributed by atoms with Crippen LogP contribution in [-0.2, 0) is 25.8 Å². The van der Waals surface area contributed by atoms with E-state index in [1.807, 2.05) is 13.1 Å². The molecule has 0 aliphatic heterocycles. The summed E-state index contributed by atoms with van der Waals surface area (Å²) in [5.41, 5.74) is 2.14. The van der Waals surface area contributed by atoms with Crippen LogP contribution in [0.3, 0.4) is 0 Å². The molecule has 210 valence electrons. The van der Waals surface area contributed by atoms with E-state index in [1.54, 1.807) is 30.0 Å². The minimum atomic E-state index is -3.67. The van der Waals surface area contributed by atoms with Gasteiger partial charge in [-0.15, -0.1) is 0 Å². The molecule has 0 saturated carbocycles. The van der Waals surface area contributed by atoms with Crippen molar-refractivity contribution in [3.8, 4) is 5.75 Å². The summed E-state index contributed by atoms with van der Waals surface area (Å²) < 4.78 is 35.8. The number of ether oxygens (including phenoxy) is 2. The molecule has 0 aliphatic rings. The van der Waals surface area contributed by atoms with Gasteiger partial charge in [-0.25, -0.2) is 13.2 Å². The number of carbonyl (C=O) groups excluding carboxylic acids is 2. The first-order chi connectivity index (χ1) is 18.1. The van der Waals surface area contributed by atoms with Gasteiger partial charge in [0.25, 0.3) is 0 Å². The van der Waals surface area contributed by atoms with Crippen molar-refractivity contribution < 1.29 is 27.5 Å². The van der Waals surface area contributed by atoms with Gasteiger partial charge in [0.1, 0.15) is 11.6 Å². The number of aryl methyl sites for hydroxylation is 2. The summed E-state index contributed by atoms with van der Waals surface area (Å²) in [7, 11) is 0.946. The molecule has 0 aliphatic carbocycles. The second-order valence-electron chi connectivity index (χ2n) is 9.52. The highest BCUT2D eigenvalue weighted by Crippen LogP contribution is 2.26. The molecule has 2 rings (SSSR count). The molecule has 2 aromatic rings. The van der Waals surface area contributed by atoms with E-state index in [0.29, 0.717) is 29.8 Å². The van der Waals surface area contributed by atoms with Crippen molar-refractivity contribution in [1.82, 2.24) is 4.90 Å². The first-order valence-corrected chi connectivity index (χ1v) is 14.8. The third-order valence-electron chi connectivity index (χ3n) is 6.56. The fourth-order valence-electron chi connectivity index (χ4n) is 4.24. The molecular formula is C29H42N2O6S. The predicted molar refractivity (Wildman–Crippen MR) is 151 cm³/mol. The van der Waals surface area contributed by atoms with Gasteiger partial charge >= 0.3 is 5.97 Å². The average Bonchev–Trinajstić information content (AvgIpc) is 2.92. The van der Waals surface area contributed by atoms with Gasteiger partial charge in [-0.2, -0.15) is 0 Å². The Hall–Kier alpha value is -3.07. The number of carbonyl (C=O) groups is 2. The van der Waals surface area contributed by atoms with Crippen LogP contribution in [-0.4, -0.2) is 58.9 Å². The number of unbranched alkanes of at least 4 members (excludes halogenated alkanes) is 5. The minimum Gasteiger partial charge on any atom is -0.497 e. The molecule has 1 amide bonds. The molecule has 2 aromatic carbocycles. The van der Waals surface area contributed by atoms with E-state index >= 15 is 0 Å². The molecule has 0 atom stereocenters. The molecule has 0 aromatic heterocycles. The topological polar surface area (TPSA) is 102 Å². The summed E-state index contributed by atoms with van der Waals surface area (Å²) in [6.45, 7) is 4.73. The van der Waals surface area contributed by atoms with Gasteiger partial charge in [-0.1, -0.05) is 45.1 Å². The number of amides is 1. The van der Waals surface area contributed by atoms with Crippen LogP contribution in [0.5, 0.6) is 5.75 Å². The van der Waals surface area contributed by atoms with E-state index in [4.69, 9.17) is 9.47 Å². The number of sulfone groups is 1. The summed E-state index contributed by atoms with van der Waals surface area (Å²) in [6, 6.07) is 9.66. The summed E-state index contributed by atoms with van der Waals surface area (Å²) in [4.78, 5) is 27.1. The molecule has 0 heterocycles. The third kappa shape index (κ3) is 9.35. The summed E-state index contributed by atoms with van der Waals surface area (Å²) in [5, 5.41) is 2.92. The Bertz CT molecular complexity index is 1160. The van der Waals surface area contributed by atoms with Crippen molar-refractivity contribution in [2.45, 2.75) is 70.1 Å². The van der Waals surface area contributed by atoms with Crippen LogP contribution >= 0.6 is 0 Å². The second-order valence-corrected chi connectivity index (χ2v) is 11.5. The van der Waals surface area contributed by atoms with Gasteiger partial charge < -0.3 is 19.7 Å². The van der Waals surface area contributed by atoms with Crippen LogP contribution in [0.2, 0.25) is 0 Å². The Morgan fingerprint density at radius 3 is 2.26 bits per heavy atom. The first kappa shape index (κ1) is 31.1. The zero-order chi connectivity index (χ0) is 28.1. The average molecular weight is 547 g/mol. The Morgan fingerprint density at radius 1 is 0.974 bits per heavy atom. The highest BCUT2D eigenvalue weighted by atomic mass is 32.2. The molecule has 0 saturated heterocycles. The van der Waals surface area contributed by atoms with Crippen molar-refractivity contribution in [3.05, 3.63) is 53.1 Å². The van der Waals surface area contributed by atoms with Crippen molar-refractivity contribution in [2.75, 3.05) is 39.0 Å². The molecular weight excluding hydrogens is 504 g/mol. The number of esters is 1. The number of hydrogen-bond donors (Lipinski definition) is 1. The van der Waals surface area contributed by atoms with Crippen molar-refractivity contribution in [3.63, 3.8) is 0 Å². The molecule has 8 nitrogen and oxygen atoms in total. The fraction of sp³-hybridized carbons (Fsp3) is 0.517. The maximum Gasteiger partial charge on any atom is 0.339 e. The Kier molecular flexibility index (Phi) is 12.6. The van der Waals surface area contributed by atoms with Crippen molar-refractivity contribution in [2.24, 2.45) is 0 Å². The van der Waals surface area contributed by atoms with Crippen molar-refractivity contribution >= 4 is 27.4 Å². The minimum absolute atomic E-state index is 0.0589. The lowest BCUT2D eigenvalue weighted by atomic mass is 10.00. The smallest absolute Gasteiger partial charge is 0.339 e. The SMILES string of the molecule is CCCCCCCCN(C)C(=O)CCc1cc(C)c(NCS(=O)(=O)c2ccc(OC)cc2)c(C(=O)OC)c1. The van der Waals surface area contributed by atoms with Gasteiger partial charge in [0.15, 0.2) is 9.84 Å². The zero-order valence-corrected chi connectivity index (χ0v) is 24.2. The van der Waals surface area contributed by atoms with Crippen LogP contribution < -0.4 is 10.1 Å². The van der Waals surface area contributed by atoms with E-state index in [1.165, 1.54) is 52.0 Å². The number of nitrogens with zero attached hydrogens (tertiary/aromatic N) is 1. The number of benzene rings is 2. The summed E-state index contributed by atoms with van der Waals surface area (Å²) >= 11 is 0. The lowest BCUT2D eigenvalue weighted by molar-refractivity contribution is -0.129. The Balaban J connectivity index is 2.05. The molecule has 1 N–H and O–H groups in total.